The van der Waals surface area contributed by atoms with Gasteiger partial charge in [0.1, 0.15) is 5.60 Å². The predicted octanol–water partition coefficient (Wildman–Crippen LogP) is 2.96. The van der Waals surface area contributed by atoms with E-state index in [1.807, 2.05) is 25.8 Å². The molecule has 1 amide bonds. The molecule has 0 spiro atoms. The number of alkyl halides is 1. The fraction of sp³-hybridized carbons (Fsp3) is 0.917. The van der Waals surface area contributed by atoms with E-state index >= 15 is 0 Å². The van der Waals surface area contributed by atoms with E-state index in [1.54, 1.807) is 0 Å². The average molecular weight is 354 g/mol. The van der Waals surface area contributed by atoms with E-state index in [2.05, 4.69) is 28.0 Å². The van der Waals surface area contributed by atoms with E-state index in [0.29, 0.717) is 0 Å². The Balaban J connectivity index is 2.24. The zero-order valence-corrected chi connectivity index (χ0v) is 13.1. The summed E-state index contributed by atoms with van der Waals surface area (Å²) in [6.45, 7) is 7.48. The normalized spacial score (nSPS) is 19.1. The molecule has 1 saturated heterocycles. The van der Waals surface area contributed by atoms with Crippen molar-refractivity contribution in [2.75, 3.05) is 17.5 Å². The van der Waals surface area contributed by atoms with Crippen molar-refractivity contribution in [1.29, 1.82) is 0 Å². The van der Waals surface area contributed by atoms with Gasteiger partial charge in [0.2, 0.25) is 0 Å². The van der Waals surface area contributed by atoms with Gasteiger partial charge in [-0.1, -0.05) is 22.6 Å². The van der Waals surface area contributed by atoms with Crippen molar-refractivity contribution >= 4 is 28.7 Å². The summed E-state index contributed by atoms with van der Waals surface area (Å²) in [6.07, 6.45) is 3.28. The number of ether oxygens (including phenoxy) is 1. The van der Waals surface area contributed by atoms with Gasteiger partial charge in [-0.15, -0.1) is 0 Å². The SMILES string of the molecule is CC(C)(C)OC(=O)NN1CCC(CCI)CC1. The van der Waals surface area contributed by atoms with Crippen molar-refractivity contribution in [3.8, 4) is 0 Å². The number of nitrogens with one attached hydrogen (secondary N) is 1. The molecule has 1 N–H and O–H groups in total. The van der Waals surface area contributed by atoms with E-state index in [9.17, 15) is 4.79 Å². The highest BCUT2D eigenvalue weighted by molar-refractivity contribution is 14.1. The van der Waals surface area contributed by atoms with Gasteiger partial charge in [0.25, 0.3) is 0 Å². The number of carbonyl (C=O) groups is 1. The van der Waals surface area contributed by atoms with Crippen molar-refractivity contribution in [1.82, 2.24) is 10.4 Å². The van der Waals surface area contributed by atoms with Gasteiger partial charge in [-0.25, -0.2) is 9.80 Å². The maximum atomic E-state index is 11.6. The molecule has 5 heteroatoms. The van der Waals surface area contributed by atoms with Crippen LogP contribution in [0.15, 0.2) is 0 Å². The Kier molecular flexibility index (Phi) is 5.99. The van der Waals surface area contributed by atoms with Gasteiger partial charge in [-0.05, 0) is 50.4 Å². The standard InChI is InChI=1S/C12H23IN2O2/c1-12(2,3)17-11(16)14-15-8-5-10(4-7-13)6-9-15/h10H,4-9H2,1-3H3,(H,14,16). The minimum absolute atomic E-state index is 0.343. The second-order valence-electron chi connectivity index (χ2n) is 5.52. The van der Waals surface area contributed by atoms with Gasteiger partial charge in [0, 0.05) is 13.1 Å². The molecule has 4 nitrogen and oxygen atoms in total. The Hall–Kier alpha value is -0.0400. The first kappa shape index (κ1) is 15.0. The first-order valence-electron chi connectivity index (χ1n) is 6.21. The molecule has 0 radical (unpaired) electrons. The molecule has 0 saturated carbocycles. The molecule has 1 aliphatic rings. The fourth-order valence-corrected chi connectivity index (χ4v) is 2.80. The topological polar surface area (TPSA) is 41.6 Å². The molecule has 100 valence electrons. The molecular weight excluding hydrogens is 331 g/mol. The smallest absolute Gasteiger partial charge is 0.422 e. The van der Waals surface area contributed by atoms with Crippen molar-refractivity contribution in [2.45, 2.75) is 45.6 Å². The molecule has 0 aromatic heterocycles. The summed E-state index contributed by atoms with van der Waals surface area (Å²) in [5, 5.41) is 1.97. The third-order valence-corrected chi connectivity index (χ3v) is 3.40. The maximum absolute atomic E-state index is 11.6. The first-order chi connectivity index (χ1) is 7.90. The van der Waals surface area contributed by atoms with Crippen molar-refractivity contribution in [3.63, 3.8) is 0 Å². The Bertz CT molecular complexity index is 245. The largest absolute Gasteiger partial charge is 0.443 e. The Morgan fingerprint density at radius 2 is 2.00 bits per heavy atom. The van der Waals surface area contributed by atoms with Crippen LogP contribution in [0, 0.1) is 5.92 Å². The Morgan fingerprint density at radius 1 is 1.41 bits per heavy atom. The third kappa shape index (κ3) is 6.45. The summed E-state index contributed by atoms with van der Waals surface area (Å²) in [5.41, 5.74) is 2.38. The van der Waals surface area contributed by atoms with Gasteiger partial charge in [0.05, 0.1) is 0 Å². The quantitative estimate of drug-likeness (QED) is 0.626. The molecule has 0 unspecified atom stereocenters. The van der Waals surface area contributed by atoms with Crippen LogP contribution >= 0.6 is 22.6 Å². The zero-order valence-electron chi connectivity index (χ0n) is 11.0. The van der Waals surface area contributed by atoms with Crippen LogP contribution in [0.1, 0.15) is 40.0 Å². The molecule has 0 aliphatic carbocycles. The minimum Gasteiger partial charge on any atom is -0.443 e. The van der Waals surface area contributed by atoms with Crippen molar-refractivity contribution in [2.24, 2.45) is 5.92 Å². The molecule has 1 heterocycles. The zero-order chi connectivity index (χ0) is 12.9. The van der Waals surface area contributed by atoms with Gasteiger partial charge in [-0.3, -0.25) is 5.43 Å². The molecule has 0 aromatic rings. The molecule has 0 bridgehead atoms. The van der Waals surface area contributed by atoms with Crippen LogP contribution in [0.5, 0.6) is 0 Å². The number of halogens is 1. The first-order valence-corrected chi connectivity index (χ1v) is 7.74. The minimum atomic E-state index is -0.427. The monoisotopic (exact) mass is 354 g/mol. The van der Waals surface area contributed by atoms with Gasteiger partial charge < -0.3 is 4.74 Å². The molecule has 1 fully saturated rings. The molecule has 17 heavy (non-hydrogen) atoms. The molecule has 1 rings (SSSR count). The van der Waals surface area contributed by atoms with Crippen LogP contribution in [0.3, 0.4) is 0 Å². The third-order valence-electron chi connectivity index (χ3n) is 2.78. The van der Waals surface area contributed by atoms with E-state index in [1.165, 1.54) is 23.7 Å². The van der Waals surface area contributed by atoms with Gasteiger partial charge in [0.15, 0.2) is 0 Å². The highest BCUT2D eigenvalue weighted by atomic mass is 127. The molecule has 0 aromatic carbocycles. The second kappa shape index (κ2) is 6.78. The average Bonchev–Trinajstić information content (AvgIpc) is 2.18. The number of rotatable bonds is 3. The maximum Gasteiger partial charge on any atom is 0.422 e. The van der Waals surface area contributed by atoms with Crippen LogP contribution in [0.25, 0.3) is 0 Å². The number of hydrogen-bond acceptors (Lipinski definition) is 3. The summed E-state index contributed by atoms with van der Waals surface area (Å²) in [5.74, 6) is 0.823. The number of hydrogen-bond donors (Lipinski definition) is 1. The van der Waals surface area contributed by atoms with Gasteiger partial charge in [-0.2, -0.15) is 0 Å². The van der Waals surface area contributed by atoms with Crippen molar-refractivity contribution in [3.05, 3.63) is 0 Å². The number of piperidine rings is 1. The summed E-state index contributed by atoms with van der Waals surface area (Å²) in [4.78, 5) is 11.6. The van der Waals surface area contributed by atoms with E-state index in [0.717, 1.165) is 19.0 Å². The molecule has 1 aliphatic heterocycles. The summed E-state index contributed by atoms with van der Waals surface area (Å²) >= 11 is 2.43. The lowest BCUT2D eigenvalue weighted by atomic mass is 9.95. The lowest BCUT2D eigenvalue weighted by Gasteiger charge is -2.32. The summed E-state index contributed by atoms with van der Waals surface area (Å²) in [6, 6.07) is 0. The van der Waals surface area contributed by atoms with Gasteiger partial charge >= 0.3 is 6.09 Å². The van der Waals surface area contributed by atoms with Crippen LogP contribution in [-0.4, -0.2) is 34.2 Å². The van der Waals surface area contributed by atoms with Crippen LogP contribution in [0.2, 0.25) is 0 Å². The summed E-state index contributed by atoms with van der Waals surface area (Å²) in [7, 11) is 0. The Morgan fingerprint density at radius 3 is 2.47 bits per heavy atom. The van der Waals surface area contributed by atoms with E-state index in [4.69, 9.17) is 4.74 Å². The van der Waals surface area contributed by atoms with E-state index in [-0.39, 0.29) is 6.09 Å². The molecule has 0 atom stereocenters. The van der Waals surface area contributed by atoms with Crippen LogP contribution in [-0.2, 0) is 4.74 Å². The highest BCUT2D eigenvalue weighted by Gasteiger charge is 2.22. The lowest BCUT2D eigenvalue weighted by Crippen LogP contribution is -2.48. The van der Waals surface area contributed by atoms with Crippen LogP contribution in [0.4, 0.5) is 4.79 Å². The number of amides is 1. The number of carbonyl (C=O) groups excluding carboxylic acids is 1. The number of nitrogens with zero attached hydrogens (tertiary/aromatic N) is 1. The lowest BCUT2D eigenvalue weighted by molar-refractivity contribution is 0.0264. The molecular formula is C12H23IN2O2. The second-order valence-corrected chi connectivity index (χ2v) is 6.60. The van der Waals surface area contributed by atoms with E-state index < -0.39 is 5.60 Å². The summed E-state index contributed by atoms with van der Waals surface area (Å²) < 4.78 is 6.45. The fourth-order valence-electron chi connectivity index (χ4n) is 1.92. The Labute approximate surface area is 118 Å². The van der Waals surface area contributed by atoms with Crippen molar-refractivity contribution < 1.29 is 9.53 Å². The number of hydrazine groups is 1. The van der Waals surface area contributed by atoms with Crippen LogP contribution < -0.4 is 5.43 Å². The predicted molar refractivity (Wildman–Crippen MR) is 77.2 cm³/mol. The highest BCUT2D eigenvalue weighted by Crippen LogP contribution is 2.20.